The highest BCUT2D eigenvalue weighted by atomic mass is 16.6. The van der Waals surface area contributed by atoms with Gasteiger partial charge in [-0.25, -0.2) is 4.79 Å². The minimum absolute atomic E-state index is 0.205. The molecule has 0 unspecified atom stereocenters. The van der Waals surface area contributed by atoms with E-state index in [0.29, 0.717) is 13.1 Å². The summed E-state index contributed by atoms with van der Waals surface area (Å²) >= 11 is 0. The van der Waals surface area contributed by atoms with E-state index in [1.807, 2.05) is 20.8 Å². The van der Waals surface area contributed by atoms with E-state index in [-0.39, 0.29) is 6.09 Å². The molecule has 5 heteroatoms. The van der Waals surface area contributed by atoms with Crippen LogP contribution in [0.2, 0.25) is 0 Å². The summed E-state index contributed by atoms with van der Waals surface area (Å²) in [6.45, 7) is 9.83. The van der Waals surface area contributed by atoms with E-state index < -0.39 is 5.60 Å². The molecule has 1 aromatic carbocycles. The maximum absolute atomic E-state index is 12.1. The van der Waals surface area contributed by atoms with Crippen LogP contribution in [0.3, 0.4) is 0 Å². The third-order valence-corrected chi connectivity index (χ3v) is 4.10. The fourth-order valence-electron chi connectivity index (χ4n) is 3.04. The molecule has 0 aromatic heterocycles. The zero-order valence-electron chi connectivity index (χ0n) is 13.7. The van der Waals surface area contributed by atoms with Gasteiger partial charge < -0.3 is 19.9 Å². The molecule has 22 heavy (non-hydrogen) atoms. The second-order valence-corrected chi connectivity index (χ2v) is 6.94. The van der Waals surface area contributed by atoms with Crippen LogP contribution < -0.4 is 10.2 Å². The molecule has 1 aromatic rings. The van der Waals surface area contributed by atoms with E-state index in [1.54, 1.807) is 4.90 Å². The van der Waals surface area contributed by atoms with E-state index in [4.69, 9.17) is 4.74 Å². The van der Waals surface area contributed by atoms with Gasteiger partial charge in [-0.3, -0.25) is 0 Å². The van der Waals surface area contributed by atoms with Gasteiger partial charge >= 0.3 is 6.09 Å². The maximum Gasteiger partial charge on any atom is 0.410 e. The van der Waals surface area contributed by atoms with E-state index in [0.717, 1.165) is 26.1 Å². The number of anilines is 2. The average molecular weight is 303 g/mol. The van der Waals surface area contributed by atoms with Gasteiger partial charge in [0.25, 0.3) is 0 Å². The van der Waals surface area contributed by atoms with E-state index in [9.17, 15) is 4.79 Å². The predicted octanol–water partition coefficient (Wildman–Crippen LogP) is 2.71. The Kier molecular flexibility index (Phi) is 3.89. The van der Waals surface area contributed by atoms with Crippen molar-refractivity contribution in [3.63, 3.8) is 0 Å². The minimum atomic E-state index is -0.432. The molecule has 0 radical (unpaired) electrons. The molecule has 5 nitrogen and oxygen atoms in total. The van der Waals surface area contributed by atoms with Crippen molar-refractivity contribution in [2.45, 2.75) is 32.8 Å². The van der Waals surface area contributed by atoms with Crippen LogP contribution in [-0.4, -0.2) is 49.3 Å². The fourth-order valence-corrected chi connectivity index (χ4v) is 3.04. The Morgan fingerprint density at radius 1 is 1.18 bits per heavy atom. The summed E-state index contributed by atoms with van der Waals surface area (Å²) < 4.78 is 5.45. The first kappa shape index (κ1) is 15.0. The smallest absolute Gasteiger partial charge is 0.410 e. The van der Waals surface area contributed by atoms with Crippen molar-refractivity contribution in [2.75, 3.05) is 42.9 Å². The normalized spacial score (nSPS) is 18.0. The Morgan fingerprint density at radius 3 is 2.59 bits per heavy atom. The van der Waals surface area contributed by atoms with Crippen LogP contribution in [0.4, 0.5) is 16.2 Å². The molecular formula is C17H25N3O2. The van der Waals surface area contributed by atoms with Crippen molar-refractivity contribution in [3.8, 4) is 0 Å². The zero-order valence-corrected chi connectivity index (χ0v) is 13.7. The number of hydrogen-bond donors (Lipinski definition) is 1. The number of fused-ring (bicyclic) bond motifs is 1. The summed E-state index contributed by atoms with van der Waals surface area (Å²) in [6.07, 6.45) is 0.893. The van der Waals surface area contributed by atoms with Gasteiger partial charge in [0.15, 0.2) is 0 Å². The highest BCUT2D eigenvalue weighted by Gasteiger charge is 2.27. The maximum atomic E-state index is 12.1. The molecule has 3 rings (SSSR count). The molecular weight excluding hydrogens is 278 g/mol. The van der Waals surface area contributed by atoms with Gasteiger partial charge in [-0.05, 0) is 38.8 Å². The number of piperazine rings is 1. The molecule has 1 fully saturated rings. The van der Waals surface area contributed by atoms with Crippen molar-refractivity contribution >= 4 is 17.5 Å². The van der Waals surface area contributed by atoms with Crippen molar-refractivity contribution in [1.29, 1.82) is 0 Å². The summed E-state index contributed by atoms with van der Waals surface area (Å²) in [4.78, 5) is 16.3. The molecule has 0 saturated carbocycles. The lowest BCUT2D eigenvalue weighted by Crippen LogP contribution is -2.50. The molecule has 2 aliphatic heterocycles. The summed E-state index contributed by atoms with van der Waals surface area (Å²) in [7, 11) is 0. The number of amides is 1. The Morgan fingerprint density at radius 2 is 1.91 bits per heavy atom. The highest BCUT2D eigenvalue weighted by molar-refractivity contribution is 5.76. The van der Waals surface area contributed by atoms with Gasteiger partial charge in [-0.15, -0.1) is 0 Å². The second kappa shape index (κ2) is 5.71. The zero-order chi connectivity index (χ0) is 15.7. The van der Waals surface area contributed by atoms with Gasteiger partial charge in [0.05, 0.1) is 11.4 Å². The van der Waals surface area contributed by atoms with Crippen molar-refractivity contribution < 1.29 is 9.53 Å². The van der Waals surface area contributed by atoms with E-state index >= 15 is 0 Å². The van der Waals surface area contributed by atoms with Crippen LogP contribution in [0.25, 0.3) is 0 Å². The molecule has 1 amide bonds. The largest absolute Gasteiger partial charge is 0.444 e. The van der Waals surface area contributed by atoms with Crippen LogP contribution in [0.15, 0.2) is 18.2 Å². The Hall–Kier alpha value is -1.91. The lowest BCUT2D eigenvalue weighted by molar-refractivity contribution is 0.0240. The monoisotopic (exact) mass is 303 g/mol. The molecule has 0 bridgehead atoms. The van der Waals surface area contributed by atoms with Gasteiger partial charge in [0.2, 0.25) is 0 Å². The second-order valence-electron chi connectivity index (χ2n) is 6.94. The van der Waals surface area contributed by atoms with Gasteiger partial charge in [0, 0.05) is 32.7 Å². The van der Waals surface area contributed by atoms with Crippen LogP contribution >= 0.6 is 0 Å². The molecule has 2 heterocycles. The first-order valence-corrected chi connectivity index (χ1v) is 8.03. The van der Waals surface area contributed by atoms with Crippen LogP contribution in [0, 0.1) is 0 Å². The van der Waals surface area contributed by atoms with Crippen molar-refractivity contribution in [1.82, 2.24) is 4.90 Å². The number of para-hydroxylation sites is 1. The SMILES string of the molecule is CC(C)(C)OC(=O)N1CCN(c2cccc3c2NCC3)CC1. The number of rotatable bonds is 1. The summed E-state index contributed by atoms with van der Waals surface area (Å²) in [5, 5.41) is 3.48. The van der Waals surface area contributed by atoms with Crippen LogP contribution in [0.5, 0.6) is 0 Å². The average Bonchev–Trinajstić information content (AvgIpc) is 2.94. The molecule has 120 valence electrons. The van der Waals surface area contributed by atoms with Crippen molar-refractivity contribution in [2.24, 2.45) is 0 Å². The van der Waals surface area contributed by atoms with Gasteiger partial charge in [-0.2, -0.15) is 0 Å². The number of nitrogens with zero attached hydrogens (tertiary/aromatic N) is 2. The number of benzene rings is 1. The Bertz CT molecular complexity index is 558. The Balaban J connectivity index is 1.63. The quantitative estimate of drug-likeness (QED) is 0.866. The van der Waals surface area contributed by atoms with Crippen LogP contribution in [-0.2, 0) is 11.2 Å². The third-order valence-electron chi connectivity index (χ3n) is 4.10. The van der Waals surface area contributed by atoms with E-state index in [1.165, 1.54) is 16.9 Å². The number of ether oxygens (including phenoxy) is 1. The first-order valence-electron chi connectivity index (χ1n) is 8.03. The van der Waals surface area contributed by atoms with Gasteiger partial charge in [0.1, 0.15) is 5.60 Å². The lowest BCUT2D eigenvalue weighted by Gasteiger charge is -2.37. The predicted molar refractivity (Wildman–Crippen MR) is 88.7 cm³/mol. The number of carbonyl (C=O) groups excluding carboxylic acids is 1. The van der Waals surface area contributed by atoms with Gasteiger partial charge in [-0.1, -0.05) is 12.1 Å². The summed E-state index contributed by atoms with van der Waals surface area (Å²) in [6, 6.07) is 6.48. The molecule has 0 spiro atoms. The van der Waals surface area contributed by atoms with Crippen molar-refractivity contribution in [3.05, 3.63) is 23.8 Å². The lowest BCUT2D eigenvalue weighted by atomic mass is 10.1. The molecule has 2 aliphatic rings. The third kappa shape index (κ3) is 3.13. The Labute approximate surface area is 132 Å². The number of nitrogens with one attached hydrogen (secondary N) is 1. The highest BCUT2D eigenvalue weighted by Crippen LogP contribution is 2.33. The number of carbonyl (C=O) groups is 1. The minimum Gasteiger partial charge on any atom is -0.444 e. The first-order chi connectivity index (χ1) is 10.4. The fraction of sp³-hybridized carbons (Fsp3) is 0.588. The molecule has 1 saturated heterocycles. The molecule has 1 N–H and O–H groups in total. The van der Waals surface area contributed by atoms with Crippen LogP contribution in [0.1, 0.15) is 26.3 Å². The summed E-state index contributed by atoms with van der Waals surface area (Å²) in [5.74, 6) is 0. The summed E-state index contributed by atoms with van der Waals surface area (Å²) in [5.41, 5.74) is 3.50. The molecule has 0 atom stereocenters. The van der Waals surface area contributed by atoms with E-state index in [2.05, 4.69) is 28.4 Å². The number of hydrogen-bond acceptors (Lipinski definition) is 4. The topological polar surface area (TPSA) is 44.8 Å². The molecule has 0 aliphatic carbocycles. The standard InChI is InChI=1S/C17H25N3O2/c1-17(2,3)22-16(21)20-11-9-19(10-12-20)14-6-4-5-13-7-8-18-15(13)14/h4-6,18H,7-12H2,1-3H3.